The molecule has 0 aliphatic rings. The molecule has 0 atom stereocenters. The van der Waals surface area contributed by atoms with Gasteiger partial charge in [0.15, 0.2) is 0 Å². The second-order valence-electron chi connectivity index (χ2n) is 4.46. The molecule has 1 rings (SSSR count). The van der Waals surface area contributed by atoms with Crippen molar-refractivity contribution in [1.29, 1.82) is 0 Å². The van der Waals surface area contributed by atoms with Gasteiger partial charge in [0.05, 0.1) is 18.4 Å². The number of ether oxygens (including phenoxy) is 1. The molecule has 1 N–H and O–H groups in total. The third-order valence-electron chi connectivity index (χ3n) is 2.99. The normalized spacial score (nSPS) is 11.9. The lowest BCUT2D eigenvalue weighted by Gasteiger charge is -2.07. The highest BCUT2D eigenvalue weighted by molar-refractivity contribution is 5.60. The van der Waals surface area contributed by atoms with Gasteiger partial charge in [-0.25, -0.2) is 4.68 Å². The zero-order valence-corrected chi connectivity index (χ0v) is 12.2. The molecule has 18 heavy (non-hydrogen) atoms. The number of nitrogens with one attached hydrogen (secondary N) is 1. The van der Waals surface area contributed by atoms with E-state index in [0.29, 0.717) is 0 Å². The van der Waals surface area contributed by atoms with E-state index < -0.39 is 0 Å². The second-order valence-corrected chi connectivity index (χ2v) is 4.46. The number of aromatic nitrogens is 2. The lowest BCUT2D eigenvalue weighted by Crippen LogP contribution is -2.17. The van der Waals surface area contributed by atoms with Crippen LogP contribution in [-0.2, 0) is 7.05 Å². The number of nitrogens with zero attached hydrogens (tertiary/aromatic N) is 2. The zero-order valence-electron chi connectivity index (χ0n) is 12.2. The van der Waals surface area contributed by atoms with Crippen LogP contribution >= 0.6 is 0 Å². The quantitative estimate of drug-likeness (QED) is 0.757. The standard InChI is InChI=1S/C14H25N3O/c1-6-8-15-10-12(7-2)9-13-11(3)16-17(4)14(13)18-5/h9,15H,6-8,10H2,1-5H3. The molecule has 4 heteroatoms. The molecule has 1 aromatic rings. The molecule has 0 fully saturated rings. The highest BCUT2D eigenvalue weighted by atomic mass is 16.5. The summed E-state index contributed by atoms with van der Waals surface area (Å²) < 4.78 is 7.19. The van der Waals surface area contributed by atoms with Gasteiger partial charge in [0, 0.05) is 13.6 Å². The van der Waals surface area contributed by atoms with E-state index in [-0.39, 0.29) is 0 Å². The molecule has 0 bridgehead atoms. The average Bonchev–Trinajstić information content (AvgIpc) is 2.62. The first-order chi connectivity index (χ1) is 8.63. The Hall–Kier alpha value is -1.29. The van der Waals surface area contributed by atoms with E-state index in [9.17, 15) is 0 Å². The molecular weight excluding hydrogens is 226 g/mol. The minimum Gasteiger partial charge on any atom is -0.481 e. The predicted octanol–water partition coefficient (Wildman–Crippen LogP) is 2.53. The van der Waals surface area contributed by atoms with Gasteiger partial charge < -0.3 is 10.1 Å². The minimum atomic E-state index is 0.828. The van der Waals surface area contributed by atoms with Crippen molar-refractivity contribution < 1.29 is 4.74 Å². The van der Waals surface area contributed by atoms with Crippen molar-refractivity contribution in [3.8, 4) is 5.88 Å². The van der Waals surface area contributed by atoms with Crippen LogP contribution in [0, 0.1) is 6.92 Å². The van der Waals surface area contributed by atoms with Crippen LogP contribution < -0.4 is 10.1 Å². The van der Waals surface area contributed by atoms with Gasteiger partial charge in [0.1, 0.15) is 0 Å². The summed E-state index contributed by atoms with van der Waals surface area (Å²) in [6.07, 6.45) is 4.39. The lowest BCUT2D eigenvalue weighted by molar-refractivity contribution is 0.372. The molecule has 0 amide bonds. The topological polar surface area (TPSA) is 39.1 Å². The zero-order chi connectivity index (χ0) is 13.5. The smallest absolute Gasteiger partial charge is 0.218 e. The SMILES string of the molecule is CCCNCC(=Cc1c(C)nn(C)c1OC)CC. The molecule has 0 aliphatic heterocycles. The maximum atomic E-state index is 5.40. The average molecular weight is 251 g/mol. The van der Waals surface area contributed by atoms with Crippen LogP contribution in [-0.4, -0.2) is 30.0 Å². The Morgan fingerprint density at radius 3 is 2.72 bits per heavy atom. The van der Waals surface area contributed by atoms with Gasteiger partial charge in [-0.3, -0.25) is 0 Å². The number of aryl methyl sites for hydroxylation is 2. The third-order valence-corrected chi connectivity index (χ3v) is 2.99. The van der Waals surface area contributed by atoms with Crippen LogP contribution in [0.25, 0.3) is 6.08 Å². The van der Waals surface area contributed by atoms with Crippen molar-refractivity contribution >= 4 is 6.08 Å². The summed E-state index contributed by atoms with van der Waals surface area (Å²) in [4.78, 5) is 0. The predicted molar refractivity (Wildman–Crippen MR) is 75.9 cm³/mol. The van der Waals surface area contributed by atoms with Crippen molar-refractivity contribution in [2.24, 2.45) is 7.05 Å². The molecular formula is C14H25N3O. The summed E-state index contributed by atoms with van der Waals surface area (Å²) in [5.41, 5.74) is 3.48. The third kappa shape index (κ3) is 3.60. The van der Waals surface area contributed by atoms with Gasteiger partial charge in [-0.1, -0.05) is 19.4 Å². The van der Waals surface area contributed by atoms with Crippen molar-refractivity contribution in [2.75, 3.05) is 20.2 Å². The number of methoxy groups -OCH3 is 1. The molecule has 0 aromatic carbocycles. The molecule has 1 aromatic heterocycles. The van der Waals surface area contributed by atoms with Crippen LogP contribution in [0.15, 0.2) is 5.57 Å². The number of rotatable bonds is 7. The Balaban J connectivity index is 2.90. The summed E-state index contributed by atoms with van der Waals surface area (Å²) in [6, 6.07) is 0. The van der Waals surface area contributed by atoms with Gasteiger partial charge >= 0.3 is 0 Å². The van der Waals surface area contributed by atoms with E-state index in [0.717, 1.165) is 43.1 Å². The largest absolute Gasteiger partial charge is 0.481 e. The molecule has 1 heterocycles. The van der Waals surface area contributed by atoms with Crippen LogP contribution in [0.4, 0.5) is 0 Å². The van der Waals surface area contributed by atoms with Crippen molar-refractivity contribution in [2.45, 2.75) is 33.6 Å². The highest BCUT2D eigenvalue weighted by Gasteiger charge is 2.11. The van der Waals surface area contributed by atoms with E-state index in [4.69, 9.17) is 4.74 Å². The van der Waals surface area contributed by atoms with Gasteiger partial charge in [-0.2, -0.15) is 5.10 Å². The Kier molecular flexibility index (Phi) is 5.92. The van der Waals surface area contributed by atoms with Crippen LogP contribution in [0.5, 0.6) is 5.88 Å². The molecule has 0 radical (unpaired) electrons. The Morgan fingerprint density at radius 2 is 2.17 bits per heavy atom. The highest BCUT2D eigenvalue weighted by Crippen LogP contribution is 2.24. The Bertz CT molecular complexity index is 407. The summed E-state index contributed by atoms with van der Waals surface area (Å²) >= 11 is 0. The minimum absolute atomic E-state index is 0.828. The monoisotopic (exact) mass is 251 g/mol. The maximum Gasteiger partial charge on any atom is 0.218 e. The van der Waals surface area contributed by atoms with Crippen LogP contribution in [0.3, 0.4) is 0 Å². The molecule has 0 unspecified atom stereocenters. The summed E-state index contributed by atoms with van der Waals surface area (Å²) in [5, 5.41) is 7.83. The molecule has 0 spiro atoms. The fourth-order valence-electron chi connectivity index (χ4n) is 1.97. The second kappa shape index (κ2) is 7.21. The first-order valence-corrected chi connectivity index (χ1v) is 6.61. The first kappa shape index (κ1) is 14.8. The van der Waals surface area contributed by atoms with Gasteiger partial charge in [-0.15, -0.1) is 0 Å². The maximum absolute atomic E-state index is 5.40. The summed E-state index contributed by atoms with van der Waals surface area (Å²) in [5.74, 6) is 0.828. The Labute approximate surface area is 110 Å². The van der Waals surface area contributed by atoms with Gasteiger partial charge in [0.25, 0.3) is 0 Å². The van der Waals surface area contributed by atoms with E-state index in [2.05, 4.69) is 30.3 Å². The van der Waals surface area contributed by atoms with Crippen molar-refractivity contribution in [3.63, 3.8) is 0 Å². The fourth-order valence-corrected chi connectivity index (χ4v) is 1.97. The summed E-state index contributed by atoms with van der Waals surface area (Å²) in [6.45, 7) is 8.36. The molecule has 0 saturated carbocycles. The van der Waals surface area contributed by atoms with Gasteiger partial charge in [-0.05, 0) is 32.4 Å². The molecule has 0 aliphatic carbocycles. The Morgan fingerprint density at radius 1 is 1.44 bits per heavy atom. The van der Waals surface area contributed by atoms with Crippen LogP contribution in [0.2, 0.25) is 0 Å². The number of hydrogen-bond donors (Lipinski definition) is 1. The van der Waals surface area contributed by atoms with Gasteiger partial charge in [0.2, 0.25) is 5.88 Å². The van der Waals surface area contributed by atoms with Crippen molar-refractivity contribution in [3.05, 3.63) is 16.8 Å². The fraction of sp³-hybridized carbons (Fsp3) is 0.643. The van der Waals surface area contributed by atoms with E-state index >= 15 is 0 Å². The first-order valence-electron chi connectivity index (χ1n) is 6.61. The van der Waals surface area contributed by atoms with Crippen molar-refractivity contribution in [1.82, 2.24) is 15.1 Å². The molecule has 102 valence electrons. The van der Waals surface area contributed by atoms with E-state index in [1.54, 1.807) is 11.8 Å². The van der Waals surface area contributed by atoms with E-state index in [1.807, 2.05) is 14.0 Å². The van der Waals surface area contributed by atoms with Crippen LogP contribution in [0.1, 0.15) is 37.9 Å². The van der Waals surface area contributed by atoms with E-state index in [1.165, 1.54) is 5.57 Å². The lowest BCUT2D eigenvalue weighted by atomic mass is 10.1. The summed E-state index contributed by atoms with van der Waals surface area (Å²) in [7, 11) is 3.60. The number of hydrogen-bond acceptors (Lipinski definition) is 3. The molecule has 4 nitrogen and oxygen atoms in total. The molecule has 0 saturated heterocycles.